The molecule has 0 radical (unpaired) electrons. The van der Waals surface area contributed by atoms with Crippen molar-refractivity contribution in [3.63, 3.8) is 0 Å². The van der Waals surface area contributed by atoms with Crippen LogP contribution in [0.5, 0.6) is 0 Å². The van der Waals surface area contributed by atoms with Crippen molar-refractivity contribution in [2.75, 3.05) is 11.9 Å². The molecule has 1 aliphatic rings. The Morgan fingerprint density at radius 3 is 2.80 bits per heavy atom. The van der Waals surface area contributed by atoms with Crippen molar-refractivity contribution >= 4 is 29.3 Å². The number of carboxylic acid groups (broad SMARTS) is 1. The van der Waals surface area contributed by atoms with Crippen LogP contribution in [0, 0.1) is 11.7 Å². The van der Waals surface area contributed by atoms with Crippen LogP contribution in [-0.2, 0) is 4.79 Å². The number of carboxylic acids is 1. The zero-order valence-corrected chi connectivity index (χ0v) is 11.5. The largest absolute Gasteiger partial charge is 0.480 e. The van der Waals surface area contributed by atoms with Crippen molar-refractivity contribution in [2.45, 2.75) is 19.4 Å². The minimum atomic E-state index is -1.03. The summed E-state index contributed by atoms with van der Waals surface area (Å²) >= 11 is 5.82. The molecular formula is C13H14ClFN2O3. The standard InChI is InChI=1S/C13H14ClFN2O3/c1-7-4-5-17(11(7)12(18)19)13(20)16-10-3-2-8(15)6-9(10)14/h2-3,6-7,11H,4-5H2,1H3,(H,16,20)(H,18,19). The summed E-state index contributed by atoms with van der Waals surface area (Å²) in [6.07, 6.45) is 0.627. The molecule has 2 unspecified atom stereocenters. The number of urea groups is 1. The predicted octanol–water partition coefficient (Wildman–Crippen LogP) is 2.81. The molecular weight excluding hydrogens is 287 g/mol. The lowest BCUT2D eigenvalue weighted by Crippen LogP contribution is -2.44. The monoisotopic (exact) mass is 300 g/mol. The summed E-state index contributed by atoms with van der Waals surface area (Å²) in [5, 5.41) is 11.7. The Morgan fingerprint density at radius 2 is 2.20 bits per heavy atom. The summed E-state index contributed by atoms with van der Waals surface area (Å²) in [5.41, 5.74) is 0.252. The van der Waals surface area contributed by atoms with Crippen LogP contribution in [0.1, 0.15) is 13.3 Å². The number of likely N-dealkylation sites (tertiary alicyclic amines) is 1. The van der Waals surface area contributed by atoms with E-state index in [2.05, 4.69) is 5.32 Å². The number of halogens is 2. The van der Waals surface area contributed by atoms with E-state index in [0.29, 0.717) is 13.0 Å². The average Bonchev–Trinajstić information content (AvgIpc) is 2.74. The zero-order chi connectivity index (χ0) is 14.9. The molecule has 2 amide bonds. The minimum Gasteiger partial charge on any atom is -0.480 e. The van der Waals surface area contributed by atoms with Crippen LogP contribution in [0.3, 0.4) is 0 Å². The predicted molar refractivity (Wildman–Crippen MR) is 72.3 cm³/mol. The second kappa shape index (κ2) is 5.66. The van der Waals surface area contributed by atoms with Gasteiger partial charge in [0.15, 0.2) is 0 Å². The third kappa shape index (κ3) is 2.85. The molecule has 1 aromatic carbocycles. The molecule has 1 saturated heterocycles. The number of carbonyl (C=O) groups excluding carboxylic acids is 1. The Balaban J connectivity index is 2.14. The lowest BCUT2D eigenvalue weighted by atomic mass is 10.0. The Labute approximate surface area is 120 Å². The van der Waals surface area contributed by atoms with E-state index in [9.17, 15) is 14.0 Å². The highest BCUT2D eigenvalue weighted by Gasteiger charge is 2.39. The third-order valence-corrected chi connectivity index (χ3v) is 3.70. The van der Waals surface area contributed by atoms with Gasteiger partial charge in [-0.15, -0.1) is 0 Å². The molecule has 7 heteroatoms. The van der Waals surface area contributed by atoms with Gasteiger partial charge in [0, 0.05) is 6.54 Å². The van der Waals surface area contributed by atoms with Gasteiger partial charge in [0.1, 0.15) is 11.9 Å². The summed E-state index contributed by atoms with van der Waals surface area (Å²) in [6.45, 7) is 2.15. The van der Waals surface area contributed by atoms with E-state index >= 15 is 0 Å². The Kier molecular flexibility index (Phi) is 4.13. The number of aliphatic carboxylic acids is 1. The van der Waals surface area contributed by atoms with Gasteiger partial charge in [-0.2, -0.15) is 0 Å². The number of hydrogen-bond acceptors (Lipinski definition) is 2. The van der Waals surface area contributed by atoms with E-state index in [0.717, 1.165) is 6.07 Å². The van der Waals surface area contributed by atoms with Crippen molar-refractivity contribution in [1.29, 1.82) is 0 Å². The zero-order valence-electron chi connectivity index (χ0n) is 10.8. The van der Waals surface area contributed by atoms with Gasteiger partial charge < -0.3 is 15.3 Å². The van der Waals surface area contributed by atoms with E-state index in [4.69, 9.17) is 16.7 Å². The van der Waals surface area contributed by atoms with Crippen LogP contribution in [0.2, 0.25) is 5.02 Å². The Bertz CT molecular complexity index is 552. The van der Waals surface area contributed by atoms with Gasteiger partial charge in [0.25, 0.3) is 0 Å². The van der Waals surface area contributed by atoms with E-state index in [1.54, 1.807) is 6.92 Å². The number of benzene rings is 1. The van der Waals surface area contributed by atoms with Gasteiger partial charge in [-0.3, -0.25) is 0 Å². The van der Waals surface area contributed by atoms with Crippen LogP contribution in [-0.4, -0.2) is 34.6 Å². The first-order chi connectivity index (χ1) is 9.40. The Morgan fingerprint density at radius 1 is 1.50 bits per heavy atom. The molecule has 2 N–H and O–H groups in total. The second-order valence-electron chi connectivity index (χ2n) is 4.80. The van der Waals surface area contributed by atoms with Crippen LogP contribution >= 0.6 is 11.6 Å². The second-order valence-corrected chi connectivity index (χ2v) is 5.20. The quantitative estimate of drug-likeness (QED) is 0.882. The van der Waals surface area contributed by atoms with Crippen molar-refractivity contribution in [3.8, 4) is 0 Å². The number of nitrogens with one attached hydrogen (secondary N) is 1. The maximum Gasteiger partial charge on any atom is 0.326 e. The van der Waals surface area contributed by atoms with E-state index in [1.807, 2.05) is 0 Å². The van der Waals surface area contributed by atoms with Crippen LogP contribution < -0.4 is 5.32 Å². The number of amides is 2. The maximum atomic E-state index is 12.9. The topological polar surface area (TPSA) is 69.6 Å². The van der Waals surface area contributed by atoms with E-state index < -0.39 is 23.9 Å². The highest BCUT2D eigenvalue weighted by molar-refractivity contribution is 6.33. The molecule has 20 heavy (non-hydrogen) atoms. The minimum absolute atomic E-state index is 0.0671. The van der Waals surface area contributed by atoms with Crippen LogP contribution in [0.4, 0.5) is 14.9 Å². The number of hydrogen-bond donors (Lipinski definition) is 2. The molecule has 0 bridgehead atoms. The normalized spacial score (nSPS) is 21.9. The molecule has 0 saturated carbocycles. The lowest BCUT2D eigenvalue weighted by Gasteiger charge is -2.23. The Hall–Kier alpha value is -1.82. The SMILES string of the molecule is CC1CCN(C(=O)Nc2ccc(F)cc2Cl)C1C(=O)O. The highest BCUT2D eigenvalue weighted by Crippen LogP contribution is 2.27. The van der Waals surface area contributed by atoms with Gasteiger partial charge in [-0.25, -0.2) is 14.0 Å². The molecule has 1 fully saturated rings. The molecule has 0 aromatic heterocycles. The number of nitrogens with zero attached hydrogens (tertiary/aromatic N) is 1. The fourth-order valence-electron chi connectivity index (χ4n) is 2.33. The number of rotatable bonds is 2. The van der Waals surface area contributed by atoms with Crippen molar-refractivity contribution in [2.24, 2.45) is 5.92 Å². The first kappa shape index (κ1) is 14.6. The smallest absolute Gasteiger partial charge is 0.326 e. The highest BCUT2D eigenvalue weighted by atomic mass is 35.5. The molecule has 1 aliphatic heterocycles. The molecule has 5 nitrogen and oxygen atoms in total. The van der Waals surface area contributed by atoms with Gasteiger partial charge in [0.05, 0.1) is 10.7 Å². The fraction of sp³-hybridized carbons (Fsp3) is 0.385. The summed E-state index contributed by atoms with van der Waals surface area (Å²) in [5.74, 6) is -1.65. The van der Waals surface area contributed by atoms with E-state index in [-0.39, 0.29) is 16.6 Å². The summed E-state index contributed by atoms with van der Waals surface area (Å²) in [7, 11) is 0. The maximum absolute atomic E-state index is 12.9. The van der Waals surface area contributed by atoms with Gasteiger partial charge in [-0.05, 0) is 30.5 Å². The molecule has 0 aliphatic carbocycles. The third-order valence-electron chi connectivity index (χ3n) is 3.39. The molecule has 2 atom stereocenters. The molecule has 1 aromatic rings. The first-order valence-electron chi connectivity index (χ1n) is 6.15. The first-order valence-corrected chi connectivity index (χ1v) is 6.53. The van der Waals surface area contributed by atoms with E-state index in [1.165, 1.54) is 17.0 Å². The lowest BCUT2D eigenvalue weighted by molar-refractivity contribution is -0.142. The van der Waals surface area contributed by atoms with Crippen LogP contribution in [0.25, 0.3) is 0 Å². The van der Waals surface area contributed by atoms with Gasteiger partial charge >= 0.3 is 12.0 Å². The summed E-state index contributed by atoms with van der Waals surface area (Å²) in [4.78, 5) is 24.6. The van der Waals surface area contributed by atoms with Crippen molar-refractivity contribution in [1.82, 2.24) is 4.90 Å². The summed E-state index contributed by atoms with van der Waals surface area (Å²) in [6, 6.07) is 2.19. The van der Waals surface area contributed by atoms with Gasteiger partial charge in [0.2, 0.25) is 0 Å². The molecule has 0 spiro atoms. The van der Waals surface area contributed by atoms with Gasteiger partial charge in [-0.1, -0.05) is 18.5 Å². The number of anilines is 1. The average molecular weight is 301 g/mol. The number of carbonyl (C=O) groups is 2. The summed E-state index contributed by atoms with van der Waals surface area (Å²) < 4.78 is 12.9. The van der Waals surface area contributed by atoms with Crippen molar-refractivity contribution in [3.05, 3.63) is 29.0 Å². The fourth-order valence-corrected chi connectivity index (χ4v) is 2.54. The van der Waals surface area contributed by atoms with Crippen LogP contribution in [0.15, 0.2) is 18.2 Å². The molecule has 1 heterocycles. The van der Waals surface area contributed by atoms with Crippen molar-refractivity contribution < 1.29 is 19.1 Å². The molecule has 108 valence electrons. The molecule has 2 rings (SSSR count).